The predicted molar refractivity (Wildman–Crippen MR) is 138 cm³/mol. The van der Waals surface area contributed by atoms with Crippen molar-refractivity contribution < 1.29 is 14.4 Å². The van der Waals surface area contributed by atoms with Gasteiger partial charge in [0.05, 0.1) is 5.52 Å². The molecule has 4 rings (SSSR count). The van der Waals surface area contributed by atoms with Crippen LogP contribution in [0, 0.1) is 0 Å². The SMILES string of the molecule is CCc1ccc(NC(=O)C(=O)Nn2c(C(=O)Nc3ccc(Cl)cc3)cc3cc(Br)ccc32)cc1. The first-order valence-corrected chi connectivity index (χ1v) is 11.6. The molecule has 0 radical (unpaired) electrons. The van der Waals surface area contributed by atoms with Gasteiger partial charge >= 0.3 is 11.8 Å². The number of hydrogen-bond acceptors (Lipinski definition) is 3. The van der Waals surface area contributed by atoms with Crippen molar-refractivity contribution in [2.24, 2.45) is 0 Å². The van der Waals surface area contributed by atoms with E-state index in [9.17, 15) is 14.4 Å². The van der Waals surface area contributed by atoms with Crippen LogP contribution in [-0.4, -0.2) is 22.4 Å². The Kier molecular flexibility index (Phi) is 7.00. The molecule has 1 heterocycles. The molecule has 0 aliphatic rings. The van der Waals surface area contributed by atoms with E-state index in [1.165, 1.54) is 4.68 Å². The van der Waals surface area contributed by atoms with E-state index in [0.717, 1.165) is 16.5 Å². The number of nitrogens with one attached hydrogen (secondary N) is 3. The van der Waals surface area contributed by atoms with E-state index >= 15 is 0 Å². The van der Waals surface area contributed by atoms with Crippen LogP contribution in [0.25, 0.3) is 10.9 Å². The molecule has 3 N–H and O–H groups in total. The third-order valence-corrected chi connectivity index (χ3v) is 5.88. The van der Waals surface area contributed by atoms with Gasteiger partial charge in [-0.3, -0.25) is 19.8 Å². The van der Waals surface area contributed by atoms with Gasteiger partial charge < -0.3 is 10.6 Å². The molecule has 1 aromatic heterocycles. The third kappa shape index (κ3) is 5.30. The molecule has 9 heteroatoms. The minimum absolute atomic E-state index is 0.150. The molecule has 0 aliphatic heterocycles. The Bertz CT molecular complexity index is 1380. The number of anilines is 2. The van der Waals surface area contributed by atoms with Crippen molar-refractivity contribution in [2.45, 2.75) is 13.3 Å². The Morgan fingerprint density at radius 2 is 1.50 bits per heavy atom. The highest BCUT2D eigenvalue weighted by Gasteiger charge is 2.21. The van der Waals surface area contributed by atoms with Crippen molar-refractivity contribution >= 4 is 67.5 Å². The van der Waals surface area contributed by atoms with Gasteiger partial charge in [-0.2, -0.15) is 0 Å². The van der Waals surface area contributed by atoms with E-state index in [-0.39, 0.29) is 5.69 Å². The maximum atomic E-state index is 13.0. The topological polar surface area (TPSA) is 92.2 Å². The molecule has 0 spiro atoms. The van der Waals surface area contributed by atoms with E-state index < -0.39 is 17.7 Å². The number of carbonyl (C=O) groups is 3. The average Bonchev–Trinajstić information content (AvgIpc) is 3.18. The molecular weight excluding hydrogens is 520 g/mol. The Labute approximate surface area is 209 Å². The summed E-state index contributed by atoms with van der Waals surface area (Å²) in [4.78, 5) is 38.3. The number of aromatic nitrogens is 1. The van der Waals surface area contributed by atoms with Gasteiger partial charge in [0, 0.05) is 26.3 Å². The lowest BCUT2D eigenvalue weighted by molar-refractivity contribution is -0.133. The second kappa shape index (κ2) is 10.1. The summed E-state index contributed by atoms with van der Waals surface area (Å²) in [5, 5.41) is 6.59. The van der Waals surface area contributed by atoms with Crippen molar-refractivity contribution in [1.82, 2.24) is 4.68 Å². The fraction of sp³-hybridized carbons (Fsp3) is 0.0800. The van der Waals surface area contributed by atoms with Crippen LogP contribution in [0.15, 0.2) is 77.3 Å². The fourth-order valence-electron chi connectivity index (χ4n) is 3.37. The number of nitrogens with zero attached hydrogens (tertiary/aromatic N) is 1. The molecule has 3 aromatic carbocycles. The number of halogens is 2. The Morgan fingerprint density at radius 1 is 0.853 bits per heavy atom. The summed E-state index contributed by atoms with van der Waals surface area (Å²) < 4.78 is 2.11. The number of fused-ring (bicyclic) bond motifs is 1. The summed E-state index contributed by atoms with van der Waals surface area (Å²) in [5.74, 6) is -2.24. The van der Waals surface area contributed by atoms with E-state index in [2.05, 4.69) is 32.0 Å². The van der Waals surface area contributed by atoms with Crippen LogP contribution >= 0.6 is 27.5 Å². The van der Waals surface area contributed by atoms with Gasteiger partial charge in [0.25, 0.3) is 5.91 Å². The van der Waals surface area contributed by atoms with Crippen LogP contribution in [0.5, 0.6) is 0 Å². The monoisotopic (exact) mass is 538 g/mol. The van der Waals surface area contributed by atoms with Crippen LogP contribution in [-0.2, 0) is 16.0 Å². The average molecular weight is 540 g/mol. The normalized spacial score (nSPS) is 10.7. The standard InChI is InChI=1S/C25H20BrClN4O3/c1-2-15-3-8-19(9-4-15)29-24(33)25(34)30-31-21-12-5-17(26)13-16(21)14-22(31)23(32)28-20-10-6-18(27)7-11-20/h3-14H,2H2,1H3,(H,28,32)(H,29,33)(H,30,34). The minimum Gasteiger partial charge on any atom is -0.321 e. The molecule has 0 aliphatic carbocycles. The quantitative estimate of drug-likeness (QED) is 0.289. The van der Waals surface area contributed by atoms with E-state index in [0.29, 0.717) is 27.3 Å². The summed E-state index contributed by atoms with van der Waals surface area (Å²) in [5.41, 5.74) is 5.39. The van der Waals surface area contributed by atoms with E-state index in [4.69, 9.17) is 11.6 Å². The van der Waals surface area contributed by atoms with E-state index in [1.807, 2.05) is 25.1 Å². The smallest absolute Gasteiger partial charge is 0.321 e. The number of benzene rings is 3. The number of carbonyl (C=O) groups excluding carboxylic acids is 3. The summed E-state index contributed by atoms with van der Waals surface area (Å²) in [7, 11) is 0. The molecule has 0 atom stereocenters. The molecule has 4 aromatic rings. The maximum absolute atomic E-state index is 13.0. The lowest BCUT2D eigenvalue weighted by Crippen LogP contribution is -2.36. The lowest BCUT2D eigenvalue weighted by Gasteiger charge is -2.13. The van der Waals surface area contributed by atoms with Crippen LogP contribution in [0.1, 0.15) is 23.0 Å². The van der Waals surface area contributed by atoms with Crippen LogP contribution < -0.4 is 16.1 Å². The first-order chi connectivity index (χ1) is 16.3. The highest BCUT2D eigenvalue weighted by atomic mass is 79.9. The molecule has 0 bridgehead atoms. The van der Waals surface area contributed by atoms with E-state index in [1.54, 1.807) is 54.6 Å². The second-order valence-electron chi connectivity index (χ2n) is 7.47. The van der Waals surface area contributed by atoms with Crippen LogP contribution in [0.4, 0.5) is 11.4 Å². The lowest BCUT2D eigenvalue weighted by atomic mass is 10.1. The Morgan fingerprint density at radius 3 is 2.18 bits per heavy atom. The van der Waals surface area contributed by atoms with Gasteiger partial charge in [0.2, 0.25) is 0 Å². The van der Waals surface area contributed by atoms with Gasteiger partial charge in [-0.05, 0) is 72.6 Å². The molecule has 34 heavy (non-hydrogen) atoms. The van der Waals surface area contributed by atoms with Crippen molar-refractivity contribution in [2.75, 3.05) is 16.1 Å². The Hall–Kier alpha value is -3.62. The summed E-state index contributed by atoms with van der Waals surface area (Å²) in [6.45, 7) is 2.03. The van der Waals surface area contributed by atoms with Crippen molar-refractivity contribution in [3.05, 3.63) is 93.5 Å². The molecule has 0 unspecified atom stereocenters. The van der Waals surface area contributed by atoms with Gasteiger partial charge in [-0.25, -0.2) is 4.68 Å². The number of rotatable bonds is 5. The Balaban J connectivity index is 1.59. The van der Waals surface area contributed by atoms with Gasteiger partial charge in [0.15, 0.2) is 0 Å². The molecule has 3 amide bonds. The predicted octanol–water partition coefficient (Wildman–Crippen LogP) is 5.58. The molecule has 172 valence electrons. The second-order valence-corrected chi connectivity index (χ2v) is 8.83. The fourth-order valence-corrected chi connectivity index (χ4v) is 3.87. The summed E-state index contributed by atoms with van der Waals surface area (Å²) in [6.07, 6.45) is 0.867. The minimum atomic E-state index is -0.916. The van der Waals surface area contributed by atoms with Crippen molar-refractivity contribution in [3.63, 3.8) is 0 Å². The summed E-state index contributed by atoms with van der Waals surface area (Å²) in [6, 6.07) is 20.8. The largest absolute Gasteiger partial charge is 0.328 e. The highest BCUT2D eigenvalue weighted by Crippen LogP contribution is 2.24. The molecule has 7 nitrogen and oxygen atoms in total. The highest BCUT2D eigenvalue weighted by molar-refractivity contribution is 9.10. The number of amides is 3. The van der Waals surface area contributed by atoms with Crippen molar-refractivity contribution in [3.8, 4) is 0 Å². The van der Waals surface area contributed by atoms with Crippen LogP contribution in [0.3, 0.4) is 0 Å². The molecular formula is C25H20BrClN4O3. The molecule has 0 saturated carbocycles. The first-order valence-electron chi connectivity index (χ1n) is 10.4. The third-order valence-electron chi connectivity index (χ3n) is 5.14. The van der Waals surface area contributed by atoms with Gasteiger partial charge in [-0.1, -0.05) is 46.6 Å². The number of aryl methyl sites for hydroxylation is 1. The zero-order chi connectivity index (χ0) is 24.2. The maximum Gasteiger partial charge on any atom is 0.328 e. The zero-order valence-electron chi connectivity index (χ0n) is 18.1. The summed E-state index contributed by atoms with van der Waals surface area (Å²) >= 11 is 9.32. The van der Waals surface area contributed by atoms with Crippen molar-refractivity contribution in [1.29, 1.82) is 0 Å². The first kappa shape index (κ1) is 23.5. The van der Waals surface area contributed by atoms with Gasteiger partial charge in [0.1, 0.15) is 5.69 Å². The van der Waals surface area contributed by atoms with Crippen LogP contribution in [0.2, 0.25) is 5.02 Å². The molecule has 0 saturated heterocycles. The molecule has 0 fully saturated rings. The zero-order valence-corrected chi connectivity index (χ0v) is 20.4. The van der Waals surface area contributed by atoms with Gasteiger partial charge in [-0.15, -0.1) is 0 Å². The number of hydrogen-bond donors (Lipinski definition) is 3.